The van der Waals surface area contributed by atoms with Crippen molar-refractivity contribution >= 4 is 11.3 Å². The lowest BCUT2D eigenvalue weighted by molar-refractivity contribution is 0.164. The predicted octanol–water partition coefficient (Wildman–Crippen LogP) is 1.85. The van der Waals surface area contributed by atoms with Crippen LogP contribution in [0.15, 0.2) is 11.7 Å². The minimum atomic E-state index is -0.180. The molecule has 0 spiro atoms. The van der Waals surface area contributed by atoms with Crippen molar-refractivity contribution in [2.45, 2.75) is 32.3 Å². The molecule has 1 aromatic rings. The first-order chi connectivity index (χ1) is 5.33. The summed E-state index contributed by atoms with van der Waals surface area (Å²) in [4.78, 5) is 5.11. The average Bonchev–Trinajstić information content (AvgIpc) is 2.40. The molecule has 0 saturated carbocycles. The zero-order valence-electron chi connectivity index (χ0n) is 6.66. The number of rotatable bonds is 4. The molecule has 0 aromatic carbocycles. The molecule has 62 valence electrons. The van der Waals surface area contributed by atoms with Gasteiger partial charge in [0, 0.05) is 17.5 Å². The summed E-state index contributed by atoms with van der Waals surface area (Å²) in [5.74, 6) is 0. The van der Waals surface area contributed by atoms with Crippen LogP contribution in [-0.2, 0) is 6.42 Å². The van der Waals surface area contributed by atoms with Crippen molar-refractivity contribution in [3.63, 3.8) is 0 Å². The summed E-state index contributed by atoms with van der Waals surface area (Å²) in [5, 5.41) is 9.40. The molecule has 1 aromatic heterocycles. The van der Waals surface area contributed by atoms with Crippen LogP contribution in [0.5, 0.6) is 0 Å². The van der Waals surface area contributed by atoms with Crippen molar-refractivity contribution in [1.82, 2.24) is 4.98 Å². The molecular formula is C8H13NOS. The largest absolute Gasteiger partial charge is 0.393 e. The zero-order valence-corrected chi connectivity index (χ0v) is 7.47. The van der Waals surface area contributed by atoms with E-state index in [1.807, 2.05) is 6.20 Å². The molecular weight excluding hydrogens is 158 g/mol. The van der Waals surface area contributed by atoms with E-state index in [1.165, 1.54) is 4.88 Å². The van der Waals surface area contributed by atoms with Gasteiger partial charge in [0.25, 0.3) is 0 Å². The van der Waals surface area contributed by atoms with Gasteiger partial charge < -0.3 is 5.11 Å². The van der Waals surface area contributed by atoms with Gasteiger partial charge in [-0.3, -0.25) is 4.98 Å². The molecule has 1 rings (SSSR count). The second-order valence-electron chi connectivity index (χ2n) is 2.61. The fourth-order valence-corrected chi connectivity index (χ4v) is 1.68. The topological polar surface area (TPSA) is 33.1 Å². The summed E-state index contributed by atoms with van der Waals surface area (Å²) in [7, 11) is 0. The van der Waals surface area contributed by atoms with Crippen molar-refractivity contribution < 1.29 is 5.11 Å². The number of nitrogens with zero attached hydrogens (tertiary/aromatic N) is 1. The van der Waals surface area contributed by atoms with Gasteiger partial charge in [-0.1, -0.05) is 13.3 Å². The van der Waals surface area contributed by atoms with Crippen LogP contribution in [0.2, 0.25) is 0 Å². The molecule has 0 aliphatic rings. The van der Waals surface area contributed by atoms with Gasteiger partial charge >= 0.3 is 0 Å². The Morgan fingerprint density at radius 1 is 1.73 bits per heavy atom. The van der Waals surface area contributed by atoms with E-state index in [-0.39, 0.29) is 6.10 Å². The number of hydrogen-bond acceptors (Lipinski definition) is 3. The SMILES string of the molecule is CCCC(O)Cc1cncs1. The third-order valence-corrected chi connectivity index (χ3v) is 2.34. The Morgan fingerprint density at radius 3 is 3.09 bits per heavy atom. The van der Waals surface area contributed by atoms with E-state index in [0.29, 0.717) is 0 Å². The summed E-state index contributed by atoms with van der Waals surface area (Å²) >= 11 is 1.61. The molecule has 0 aliphatic carbocycles. The van der Waals surface area contributed by atoms with E-state index in [2.05, 4.69) is 11.9 Å². The number of aliphatic hydroxyl groups excluding tert-OH is 1. The lowest BCUT2D eigenvalue weighted by atomic mass is 10.1. The number of hydrogen-bond donors (Lipinski definition) is 1. The lowest BCUT2D eigenvalue weighted by Gasteiger charge is -2.05. The summed E-state index contributed by atoms with van der Waals surface area (Å²) in [6.07, 6.45) is 4.33. The normalized spacial score (nSPS) is 13.3. The molecule has 11 heavy (non-hydrogen) atoms. The van der Waals surface area contributed by atoms with Gasteiger partial charge in [-0.05, 0) is 6.42 Å². The maximum absolute atomic E-state index is 9.40. The molecule has 1 unspecified atom stereocenters. The van der Waals surface area contributed by atoms with Crippen LogP contribution in [0.3, 0.4) is 0 Å². The van der Waals surface area contributed by atoms with Crippen molar-refractivity contribution in [1.29, 1.82) is 0 Å². The Kier molecular flexibility index (Phi) is 3.52. The number of aliphatic hydroxyl groups is 1. The first kappa shape index (κ1) is 8.68. The van der Waals surface area contributed by atoms with Crippen LogP contribution >= 0.6 is 11.3 Å². The van der Waals surface area contributed by atoms with E-state index >= 15 is 0 Å². The van der Waals surface area contributed by atoms with Crippen LogP contribution in [-0.4, -0.2) is 16.2 Å². The highest BCUT2D eigenvalue weighted by atomic mass is 32.1. The second-order valence-corrected chi connectivity index (χ2v) is 3.59. The molecule has 0 bridgehead atoms. The highest BCUT2D eigenvalue weighted by molar-refractivity contribution is 7.09. The second kappa shape index (κ2) is 4.46. The summed E-state index contributed by atoms with van der Waals surface area (Å²) in [6.45, 7) is 2.08. The minimum Gasteiger partial charge on any atom is -0.393 e. The molecule has 2 nitrogen and oxygen atoms in total. The Bertz CT molecular complexity index is 186. The predicted molar refractivity (Wildman–Crippen MR) is 46.7 cm³/mol. The molecule has 0 saturated heterocycles. The van der Waals surface area contributed by atoms with Crippen molar-refractivity contribution in [3.05, 3.63) is 16.6 Å². The third kappa shape index (κ3) is 2.99. The fraction of sp³-hybridized carbons (Fsp3) is 0.625. The summed E-state index contributed by atoms with van der Waals surface area (Å²) in [5.41, 5.74) is 1.80. The molecule has 0 amide bonds. The number of thiazole rings is 1. The maximum Gasteiger partial charge on any atom is 0.0794 e. The summed E-state index contributed by atoms with van der Waals surface area (Å²) < 4.78 is 0. The van der Waals surface area contributed by atoms with Crippen LogP contribution in [0, 0.1) is 0 Å². The van der Waals surface area contributed by atoms with Crippen molar-refractivity contribution in [3.8, 4) is 0 Å². The Morgan fingerprint density at radius 2 is 2.55 bits per heavy atom. The van der Waals surface area contributed by atoms with Crippen LogP contribution < -0.4 is 0 Å². The minimum absolute atomic E-state index is 0.180. The molecule has 0 aliphatic heterocycles. The van der Waals surface area contributed by atoms with Crippen LogP contribution in [0.25, 0.3) is 0 Å². The van der Waals surface area contributed by atoms with Gasteiger partial charge in [0.2, 0.25) is 0 Å². The molecule has 0 radical (unpaired) electrons. The van der Waals surface area contributed by atoms with Gasteiger partial charge in [0.05, 0.1) is 11.6 Å². The molecule has 1 atom stereocenters. The van der Waals surface area contributed by atoms with E-state index in [0.717, 1.165) is 19.3 Å². The molecule has 1 heterocycles. The Hall–Kier alpha value is -0.410. The van der Waals surface area contributed by atoms with Gasteiger partial charge in [-0.2, -0.15) is 0 Å². The monoisotopic (exact) mass is 171 g/mol. The smallest absolute Gasteiger partial charge is 0.0794 e. The highest BCUT2D eigenvalue weighted by Crippen LogP contribution is 2.10. The van der Waals surface area contributed by atoms with Gasteiger partial charge in [-0.15, -0.1) is 11.3 Å². The van der Waals surface area contributed by atoms with Gasteiger partial charge in [0.15, 0.2) is 0 Å². The van der Waals surface area contributed by atoms with Gasteiger partial charge in [0.1, 0.15) is 0 Å². The van der Waals surface area contributed by atoms with Crippen molar-refractivity contribution in [2.75, 3.05) is 0 Å². The van der Waals surface area contributed by atoms with E-state index in [1.54, 1.807) is 16.8 Å². The molecule has 0 fully saturated rings. The first-order valence-electron chi connectivity index (χ1n) is 3.88. The molecule has 3 heteroatoms. The van der Waals surface area contributed by atoms with E-state index < -0.39 is 0 Å². The van der Waals surface area contributed by atoms with E-state index in [4.69, 9.17) is 0 Å². The lowest BCUT2D eigenvalue weighted by Crippen LogP contribution is -2.08. The fourth-order valence-electron chi connectivity index (χ4n) is 1.01. The number of aromatic nitrogens is 1. The zero-order chi connectivity index (χ0) is 8.10. The standard InChI is InChI=1S/C8H13NOS/c1-2-3-7(10)4-8-5-9-6-11-8/h5-7,10H,2-4H2,1H3. The summed E-state index contributed by atoms with van der Waals surface area (Å²) in [6, 6.07) is 0. The van der Waals surface area contributed by atoms with Gasteiger partial charge in [-0.25, -0.2) is 0 Å². The quantitative estimate of drug-likeness (QED) is 0.750. The average molecular weight is 171 g/mol. The highest BCUT2D eigenvalue weighted by Gasteiger charge is 2.04. The Balaban J connectivity index is 2.31. The first-order valence-corrected chi connectivity index (χ1v) is 4.76. The maximum atomic E-state index is 9.40. The van der Waals surface area contributed by atoms with Crippen LogP contribution in [0.4, 0.5) is 0 Å². The van der Waals surface area contributed by atoms with Crippen molar-refractivity contribution in [2.24, 2.45) is 0 Å². The third-order valence-electron chi connectivity index (χ3n) is 1.54. The molecule has 1 N–H and O–H groups in total. The van der Waals surface area contributed by atoms with E-state index in [9.17, 15) is 5.11 Å². The Labute approximate surface area is 70.9 Å². The van der Waals surface area contributed by atoms with Crippen LogP contribution in [0.1, 0.15) is 24.6 Å².